The first kappa shape index (κ1) is 15.8. The second kappa shape index (κ2) is 7.41. The van der Waals surface area contributed by atoms with Crippen molar-refractivity contribution in [2.75, 3.05) is 32.7 Å². The van der Waals surface area contributed by atoms with Crippen molar-refractivity contribution >= 4 is 5.91 Å². The normalized spacial score (nSPS) is 29.6. The zero-order valence-electron chi connectivity index (χ0n) is 13.4. The van der Waals surface area contributed by atoms with E-state index in [1.165, 1.54) is 25.7 Å². The highest BCUT2D eigenvalue weighted by atomic mass is 16.2. The predicted octanol–water partition coefficient (Wildman–Crippen LogP) is 1.71. The average molecular weight is 281 g/mol. The highest BCUT2D eigenvalue weighted by molar-refractivity contribution is 5.81. The van der Waals surface area contributed by atoms with Crippen molar-refractivity contribution in [3.63, 3.8) is 0 Å². The van der Waals surface area contributed by atoms with Gasteiger partial charge in [-0.2, -0.15) is 0 Å². The molecular formula is C16H31N3O. The van der Waals surface area contributed by atoms with Crippen LogP contribution in [-0.4, -0.2) is 60.5 Å². The molecule has 0 aromatic carbocycles. The lowest BCUT2D eigenvalue weighted by Crippen LogP contribution is -2.54. The van der Waals surface area contributed by atoms with Gasteiger partial charge in [-0.1, -0.05) is 13.8 Å². The second-order valence-electron chi connectivity index (χ2n) is 6.53. The smallest absolute Gasteiger partial charge is 0.239 e. The van der Waals surface area contributed by atoms with Crippen molar-refractivity contribution in [3.05, 3.63) is 0 Å². The van der Waals surface area contributed by atoms with Gasteiger partial charge < -0.3 is 10.2 Å². The molecule has 4 nitrogen and oxygen atoms in total. The Morgan fingerprint density at radius 1 is 1.30 bits per heavy atom. The molecule has 0 saturated carbocycles. The van der Waals surface area contributed by atoms with Crippen LogP contribution in [0.2, 0.25) is 0 Å². The maximum atomic E-state index is 12.5. The van der Waals surface area contributed by atoms with Crippen LogP contribution in [0.4, 0.5) is 0 Å². The Labute approximate surface area is 123 Å². The van der Waals surface area contributed by atoms with Gasteiger partial charge in [-0.15, -0.1) is 0 Å². The van der Waals surface area contributed by atoms with Crippen molar-refractivity contribution in [2.45, 2.75) is 58.5 Å². The van der Waals surface area contributed by atoms with Gasteiger partial charge in [0.05, 0.1) is 6.04 Å². The van der Waals surface area contributed by atoms with Crippen LogP contribution in [0.25, 0.3) is 0 Å². The number of amides is 1. The van der Waals surface area contributed by atoms with Crippen LogP contribution < -0.4 is 5.32 Å². The van der Waals surface area contributed by atoms with Crippen molar-refractivity contribution in [2.24, 2.45) is 5.92 Å². The van der Waals surface area contributed by atoms with Crippen molar-refractivity contribution in [1.29, 1.82) is 0 Å². The van der Waals surface area contributed by atoms with Crippen molar-refractivity contribution < 1.29 is 4.79 Å². The van der Waals surface area contributed by atoms with Crippen molar-refractivity contribution in [3.8, 4) is 0 Å². The quantitative estimate of drug-likeness (QED) is 0.833. The number of hydrogen-bond donors (Lipinski definition) is 1. The van der Waals surface area contributed by atoms with Gasteiger partial charge in [-0.25, -0.2) is 0 Å². The number of nitrogens with one attached hydrogen (secondary N) is 1. The monoisotopic (exact) mass is 281 g/mol. The lowest BCUT2D eigenvalue weighted by atomic mass is 9.92. The lowest BCUT2D eigenvalue weighted by molar-refractivity contribution is -0.136. The number of rotatable bonds is 5. The van der Waals surface area contributed by atoms with Gasteiger partial charge in [0.1, 0.15) is 0 Å². The second-order valence-corrected chi connectivity index (χ2v) is 6.53. The summed E-state index contributed by atoms with van der Waals surface area (Å²) in [6.45, 7) is 11.7. The van der Waals surface area contributed by atoms with E-state index in [2.05, 4.69) is 35.9 Å². The average Bonchev–Trinajstić information content (AvgIpc) is 2.98. The van der Waals surface area contributed by atoms with E-state index in [4.69, 9.17) is 0 Å². The molecule has 0 aromatic heterocycles. The van der Waals surface area contributed by atoms with Gasteiger partial charge in [0.2, 0.25) is 5.91 Å². The molecule has 0 aromatic rings. The molecule has 0 aliphatic carbocycles. The number of carbonyl (C=O) groups excluding carboxylic acids is 1. The number of nitrogens with zero attached hydrogens (tertiary/aromatic N) is 2. The summed E-state index contributed by atoms with van der Waals surface area (Å²) >= 11 is 0. The van der Waals surface area contributed by atoms with Crippen LogP contribution in [0.3, 0.4) is 0 Å². The molecule has 2 aliphatic rings. The summed E-state index contributed by atoms with van der Waals surface area (Å²) in [6, 6.07) is 0.683. The zero-order valence-corrected chi connectivity index (χ0v) is 13.4. The van der Waals surface area contributed by atoms with Gasteiger partial charge in [0.25, 0.3) is 0 Å². The summed E-state index contributed by atoms with van der Waals surface area (Å²) in [5.41, 5.74) is 0. The van der Waals surface area contributed by atoms with E-state index in [1.54, 1.807) is 0 Å². The van der Waals surface area contributed by atoms with E-state index in [-0.39, 0.29) is 6.04 Å². The number of likely N-dealkylation sites (tertiary alicyclic amines) is 2. The summed E-state index contributed by atoms with van der Waals surface area (Å²) in [4.78, 5) is 16.9. The SMILES string of the molecule is CCCNC1CCN(C(C)C(=O)N2CCCC2)CC1C. The Morgan fingerprint density at radius 2 is 2.00 bits per heavy atom. The zero-order chi connectivity index (χ0) is 14.5. The van der Waals surface area contributed by atoms with Crippen LogP contribution in [0.5, 0.6) is 0 Å². The Morgan fingerprint density at radius 3 is 2.60 bits per heavy atom. The molecule has 2 rings (SSSR count). The third-order valence-electron chi connectivity index (χ3n) is 4.92. The maximum absolute atomic E-state index is 12.5. The minimum absolute atomic E-state index is 0.0580. The van der Waals surface area contributed by atoms with Gasteiger partial charge in [-0.3, -0.25) is 9.69 Å². The van der Waals surface area contributed by atoms with Crippen LogP contribution in [0.15, 0.2) is 0 Å². The van der Waals surface area contributed by atoms with Crippen LogP contribution in [0.1, 0.15) is 46.5 Å². The Bertz CT molecular complexity index is 315. The van der Waals surface area contributed by atoms with Gasteiger partial charge >= 0.3 is 0 Å². The highest BCUT2D eigenvalue weighted by Crippen LogP contribution is 2.20. The summed E-state index contributed by atoms with van der Waals surface area (Å²) in [6.07, 6.45) is 4.71. The van der Waals surface area contributed by atoms with Gasteiger partial charge in [0.15, 0.2) is 0 Å². The summed E-state index contributed by atoms with van der Waals surface area (Å²) in [5, 5.41) is 3.64. The number of carbonyl (C=O) groups is 1. The Balaban J connectivity index is 1.83. The maximum Gasteiger partial charge on any atom is 0.239 e. The first-order valence-electron chi connectivity index (χ1n) is 8.39. The minimum atomic E-state index is 0.0580. The molecule has 1 amide bonds. The third-order valence-corrected chi connectivity index (χ3v) is 4.92. The topological polar surface area (TPSA) is 35.6 Å². The highest BCUT2D eigenvalue weighted by Gasteiger charge is 2.33. The third kappa shape index (κ3) is 3.73. The molecule has 2 saturated heterocycles. The molecule has 20 heavy (non-hydrogen) atoms. The van der Waals surface area contributed by atoms with Crippen molar-refractivity contribution in [1.82, 2.24) is 15.1 Å². The fraction of sp³-hybridized carbons (Fsp3) is 0.938. The summed E-state index contributed by atoms with van der Waals surface area (Å²) in [5.74, 6) is 0.971. The molecule has 0 bridgehead atoms. The fourth-order valence-corrected chi connectivity index (χ4v) is 3.52. The number of hydrogen-bond acceptors (Lipinski definition) is 3. The van der Waals surface area contributed by atoms with E-state index in [1.807, 2.05) is 0 Å². The van der Waals surface area contributed by atoms with E-state index in [0.717, 1.165) is 32.7 Å². The molecule has 0 spiro atoms. The largest absolute Gasteiger partial charge is 0.341 e. The lowest BCUT2D eigenvalue weighted by Gasteiger charge is -2.40. The van der Waals surface area contributed by atoms with E-state index in [9.17, 15) is 4.79 Å². The van der Waals surface area contributed by atoms with Gasteiger partial charge in [0, 0.05) is 32.2 Å². The first-order valence-corrected chi connectivity index (χ1v) is 8.39. The van der Waals surface area contributed by atoms with E-state index < -0.39 is 0 Å². The fourth-order valence-electron chi connectivity index (χ4n) is 3.52. The summed E-state index contributed by atoms with van der Waals surface area (Å²) < 4.78 is 0. The molecule has 2 fully saturated rings. The van der Waals surface area contributed by atoms with Crippen LogP contribution in [-0.2, 0) is 4.79 Å². The standard InChI is InChI=1S/C16H31N3O/c1-4-8-17-15-7-11-19(12-13(15)2)14(3)16(20)18-9-5-6-10-18/h13-15,17H,4-12H2,1-3H3. The molecule has 3 unspecified atom stereocenters. The predicted molar refractivity (Wildman–Crippen MR) is 82.7 cm³/mol. The molecule has 1 N–H and O–H groups in total. The van der Waals surface area contributed by atoms with E-state index >= 15 is 0 Å². The Kier molecular flexibility index (Phi) is 5.85. The molecule has 2 heterocycles. The number of piperidine rings is 1. The molecule has 4 heteroatoms. The Hall–Kier alpha value is -0.610. The molecule has 116 valence electrons. The van der Waals surface area contributed by atoms with Gasteiger partial charge in [-0.05, 0) is 45.1 Å². The molecule has 2 aliphatic heterocycles. The van der Waals surface area contributed by atoms with Crippen LogP contribution >= 0.6 is 0 Å². The van der Waals surface area contributed by atoms with E-state index in [0.29, 0.717) is 17.9 Å². The molecular weight excluding hydrogens is 250 g/mol. The first-order chi connectivity index (χ1) is 9.63. The molecule has 0 radical (unpaired) electrons. The summed E-state index contributed by atoms with van der Waals surface area (Å²) in [7, 11) is 0. The minimum Gasteiger partial charge on any atom is -0.341 e. The van der Waals surface area contributed by atoms with Crippen LogP contribution in [0, 0.1) is 5.92 Å². The molecule has 3 atom stereocenters.